The lowest BCUT2D eigenvalue weighted by atomic mass is 10.1. The molecule has 1 heterocycles. The molecule has 17 heavy (non-hydrogen) atoms. The SMILES string of the molecule is CC(C)(C)NCCc1ncc(CC(F)(F)F)o1. The van der Waals surface area contributed by atoms with Crippen LogP contribution in [0.2, 0.25) is 0 Å². The molecule has 98 valence electrons. The van der Waals surface area contributed by atoms with Gasteiger partial charge in [-0.05, 0) is 20.8 Å². The Bertz CT molecular complexity index is 352. The predicted octanol–water partition coefficient (Wildman–Crippen LogP) is 2.71. The van der Waals surface area contributed by atoms with Crippen LogP contribution in [0.25, 0.3) is 0 Å². The van der Waals surface area contributed by atoms with Gasteiger partial charge < -0.3 is 9.73 Å². The molecule has 0 fully saturated rings. The Kier molecular flexibility index (Phi) is 4.19. The summed E-state index contributed by atoms with van der Waals surface area (Å²) < 4.78 is 41.2. The Balaban J connectivity index is 2.41. The van der Waals surface area contributed by atoms with Crippen LogP contribution in [0.1, 0.15) is 32.4 Å². The third-order valence-corrected chi connectivity index (χ3v) is 1.97. The normalized spacial score (nSPS) is 13.1. The largest absolute Gasteiger partial charge is 0.445 e. The molecule has 0 unspecified atom stereocenters. The average Bonchev–Trinajstić information content (AvgIpc) is 2.46. The maximum Gasteiger partial charge on any atom is 0.396 e. The molecule has 0 saturated heterocycles. The van der Waals surface area contributed by atoms with Crippen LogP contribution in [0.15, 0.2) is 10.6 Å². The second-order valence-corrected chi connectivity index (χ2v) is 4.94. The van der Waals surface area contributed by atoms with E-state index in [0.29, 0.717) is 18.9 Å². The van der Waals surface area contributed by atoms with Gasteiger partial charge in [-0.25, -0.2) is 4.98 Å². The van der Waals surface area contributed by atoms with Crippen LogP contribution in [-0.4, -0.2) is 23.2 Å². The number of rotatable bonds is 4. The number of oxazole rings is 1. The zero-order chi connectivity index (χ0) is 13.1. The lowest BCUT2D eigenvalue weighted by Gasteiger charge is -2.19. The van der Waals surface area contributed by atoms with Crippen LogP contribution in [-0.2, 0) is 12.8 Å². The van der Waals surface area contributed by atoms with Crippen molar-refractivity contribution < 1.29 is 17.6 Å². The summed E-state index contributed by atoms with van der Waals surface area (Å²) in [5.74, 6) is 0.198. The summed E-state index contributed by atoms with van der Waals surface area (Å²) >= 11 is 0. The van der Waals surface area contributed by atoms with Gasteiger partial charge in [0.1, 0.15) is 12.2 Å². The van der Waals surface area contributed by atoms with Gasteiger partial charge in [-0.1, -0.05) is 0 Å². The molecule has 0 radical (unpaired) electrons. The van der Waals surface area contributed by atoms with E-state index in [-0.39, 0.29) is 11.3 Å². The smallest absolute Gasteiger partial charge is 0.396 e. The van der Waals surface area contributed by atoms with Gasteiger partial charge >= 0.3 is 6.18 Å². The minimum absolute atomic E-state index is 0.0264. The van der Waals surface area contributed by atoms with E-state index in [1.54, 1.807) is 0 Å². The minimum atomic E-state index is -4.25. The van der Waals surface area contributed by atoms with Gasteiger partial charge in [0.15, 0.2) is 5.89 Å². The number of hydrogen-bond acceptors (Lipinski definition) is 3. The fourth-order valence-electron chi connectivity index (χ4n) is 1.29. The first kappa shape index (κ1) is 14.0. The van der Waals surface area contributed by atoms with Crippen molar-refractivity contribution in [2.75, 3.05) is 6.54 Å². The molecule has 0 bridgehead atoms. The number of alkyl halides is 3. The maximum absolute atomic E-state index is 12.1. The molecule has 0 amide bonds. The first-order valence-electron chi connectivity index (χ1n) is 5.41. The summed E-state index contributed by atoms with van der Waals surface area (Å²) in [6, 6.07) is 0. The Morgan fingerprint density at radius 1 is 1.29 bits per heavy atom. The number of nitrogens with one attached hydrogen (secondary N) is 1. The fourth-order valence-corrected chi connectivity index (χ4v) is 1.29. The molecule has 6 heteroatoms. The van der Waals surface area contributed by atoms with E-state index in [9.17, 15) is 13.2 Å². The van der Waals surface area contributed by atoms with Crippen LogP contribution < -0.4 is 5.32 Å². The van der Waals surface area contributed by atoms with Crippen LogP contribution in [0.4, 0.5) is 13.2 Å². The zero-order valence-electron chi connectivity index (χ0n) is 10.2. The molecule has 3 nitrogen and oxygen atoms in total. The summed E-state index contributed by atoms with van der Waals surface area (Å²) in [6.45, 7) is 6.66. The number of halogens is 3. The van der Waals surface area contributed by atoms with E-state index >= 15 is 0 Å². The molecule has 0 spiro atoms. The summed E-state index contributed by atoms with van der Waals surface area (Å²) in [7, 11) is 0. The van der Waals surface area contributed by atoms with Gasteiger partial charge in [0, 0.05) is 18.5 Å². The Morgan fingerprint density at radius 3 is 2.47 bits per heavy atom. The quantitative estimate of drug-likeness (QED) is 0.892. The predicted molar refractivity (Wildman–Crippen MR) is 57.7 cm³/mol. The van der Waals surface area contributed by atoms with Gasteiger partial charge in [0.2, 0.25) is 0 Å². The zero-order valence-corrected chi connectivity index (χ0v) is 10.2. The van der Waals surface area contributed by atoms with E-state index in [2.05, 4.69) is 10.3 Å². The third-order valence-electron chi connectivity index (χ3n) is 1.97. The molecule has 0 aliphatic carbocycles. The van der Waals surface area contributed by atoms with Crippen LogP contribution in [0, 0.1) is 0 Å². The molecule has 1 N–H and O–H groups in total. The molecule has 1 rings (SSSR count). The first-order chi connectivity index (χ1) is 7.66. The van der Waals surface area contributed by atoms with Gasteiger partial charge in [-0.2, -0.15) is 13.2 Å². The van der Waals surface area contributed by atoms with Gasteiger partial charge in [-0.3, -0.25) is 0 Å². The van der Waals surface area contributed by atoms with Crippen molar-refractivity contribution in [1.82, 2.24) is 10.3 Å². The van der Waals surface area contributed by atoms with Crippen LogP contribution >= 0.6 is 0 Å². The van der Waals surface area contributed by atoms with Crippen molar-refractivity contribution >= 4 is 0 Å². The lowest BCUT2D eigenvalue weighted by Crippen LogP contribution is -2.37. The fraction of sp³-hybridized carbons (Fsp3) is 0.727. The molecule has 0 atom stereocenters. The second kappa shape index (κ2) is 5.08. The molecule has 1 aromatic rings. The second-order valence-electron chi connectivity index (χ2n) is 4.94. The van der Waals surface area contributed by atoms with Crippen molar-refractivity contribution in [3.8, 4) is 0 Å². The molecule has 0 saturated carbocycles. The topological polar surface area (TPSA) is 38.1 Å². The van der Waals surface area contributed by atoms with Crippen molar-refractivity contribution in [2.24, 2.45) is 0 Å². The summed E-state index contributed by atoms with van der Waals surface area (Å²) in [5.41, 5.74) is -0.0264. The van der Waals surface area contributed by atoms with Gasteiger partial charge in [-0.15, -0.1) is 0 Å². The molecular formula is C11H17F3N2O. The van der Waals surface area contributed by atoms with Crippen molar-refractivity contribution in [3.63, 3.8) is 0 Å². The van der Waals surface area contributed by atoms with Gasteiger partial charge in [0.05, 0.1) is 6.20 Å². The van der Waals surface area contributed by atoms with E-state index in [4.69, 9.17) is 4.42 Å². The van der Waals surface area contributed by atoms with E-state index in [1.165, 1.54) is 0 Å². The molecule has 1 aromatic heterocycles. The van der Waals surface area contributed by atoms with Crippen LogP contribution in [0.5, 0.6) is 0 Å². The highest BCUT2D eigenvalue weighted by Crippen LogP contribution is 2.21. The molecule has 0 aliphatic rings. The monoisotopic (exact) mass is 250 g/mol. The highest BCUT2D eigenvalue weighted by molar-refractivity contribution is 4.96. The summed E-state index contributed by atoms with van der Waals surface area (Å²) in [5, 5.41) is 3.21. The van der Waals surface area contributed by atoms with E-state index in [1.807, 2.05) is 20.8 Å². The van der Waals surface area contributed by atoms with Crippen molar-refractivity contribution in [1.29, 1.82) is 0 Å². The number of nitrogens with zero attached hydrogens (tertiary/aromatic N) is 1. The standard InChI is InChI=1S/C11H17F3N2O/c1-10(2,3)16-5-4-9-15-7-8(17-9)6-11(12,13)14/h7,16H,4-6H2,1-3H3. The Hall–Kier alpha value is -1.04. The van der Waals surface area contributed by atoms with E-state index < -0.39 is 12.6 Å². The number of hydrogen-bond donors (Lipinski definition) is 1. The third kappa shape index (κ3) is 6.31. The van der Waals surface area contributed by atoms with Crippen molar-refractivity contribution in [2.45, 2.75) is 45.3 Å². The maximum atomic E-state index is 12.1. The average molecular weight is 250 g/mol. The lowest BCUT2D eigenvalue weighted by molar-refractivity contribution is -0.130. The molecular weight excluding hydrogens is 233 g/mol. The molecule has 0 aromatic carbocycles. The minimum Gasteiger partial charge on any atom is -0.445 e. The Labute approximate surface area is 98.4 Å². The molecule has 0 aliphatic heterocycles. The van der Waals surface area contributed by atoms with Crippen LogP contribution in [0.3, 0.4) is 0 Å². The summed E-state index contributed by atoms with van der Waals surface area (Å²) in [6.07, 6.45) is -3.69. The van der Waals surface area contributed by atoms with E-state index in [0.717, 1.165) is 6.20 Å². The highest BCUT2D eigenvalue weighted by atomic mass is 19.4. The first-order valence-corrected chi connectivity index (χ1v) is 5.41. The highest BCUT2D eigenvalue weighted by Gasteiger charge is 2.29. The van der Waals surface area contributed by atoms with Gasteiger partial charge in [0.25, 0.3) is 0 Å². The number of aromatic nitrogens is 1. The summed E-state index contributed by atoms with van der Waals surface area (Å²) in [4.78, 5) is 3.81. The van der Waals surface area contributed by atoms with Crippen molar-refractivity contribution in [3.05, 3.63) is 17.8 Å². The Morgan fingerprint density at radius 2 is 1.94 bits per heavy atom.